The number of nitrogens with one attached hydrogen (secondary N) is 3. The average molecular weight is 486 g/mol. The lowest BCUT2D eigenvalue weighted by Gasteiger charge is -2.35. The summed E-state index contributed by atoms with van der Waals surface area (Å²) in [4.78, 5) is 19.8. The molecule has 0 spiro atoms. The van der Waals surface area contributed by atoms with Crippen molar-refractivity contribution in [3.05, 3.63) is 71.4 Å². The first-order valence-electron chi connectivity index (χ1n) is 12.4. The number of rotatable bonds is 7. The molecule has 7 nitrogen and oxygen atoms in total. The summed E-state index contributed by atoms with van der Waals surface area (Å²) < 4.78 is 6.09. The van der Waals surface area contributed by atoms with Gasteiger partial charge in [-0.05, 0) is 76.6 Å². The predicted molar refractivity (Wildman–Crippen MR) is 146 cm³/mol. The fourth-order valence-corrected chi connectivity index (χ4v) is 4.65. The molecule has 3 N–H and O–H groups in total. The lowest BCUT2D eigenvalue weighted by molar-refractivity contribution is 0.0896. The molecule has 1 aliphatic rings. The fraction of sp³-hybridized carbons (Fsp3) is 0.345. The van der Waals surface area contributed by atoms with Crippen molar-refractivity contribution in [1.29, 1.82) is 5.41 Å². The van der Waals surface area contributed by atoms with Gasteiger partial charge in [0.05, 0.1) is 5.69 Å². The molecule has 1 saturated heterocycles. The molecule has 1 fully saturated rings. The molecule has 2 heterocycles. The monoisotopic (exact) mass is 485 g/mol. The van der Waals surface area contributed by atoms with E-state index in [1.54, 1.807) is 13.1 Å². The average Bonchev–Trinajstić information content (AvgIpc) is 2.86. The second kappa shape index (κ2) is 10.9. The topological polar surface area (TPSA) is 90.3 Å². The van der Waals surface area contributed by atoms with Crippen molar-refractivity contribution in [3.8, 4) is 22.8 Å². The Bertz CT molecular complexity index is 1270. The fourth-order valence-electron chi connectivity index (χ4n) is 4.65. The van der Waals surface area contributed by atoms with Crippen molar-refractivity contribution in [2.45, 2.75) is 45.7 Å². The highest BCUT2D eigenvalue weighted by atomic mass is 16.5. The van der Waals surface area contributed by atoms with Gasteiger partial charge in [0.2, 0.25) is 0 Å². The normalized spacial score (nSPS) is 17.9. The number of likely N-dealkylation sites (tertiary alicyclic amines) is 1. The maximum Gasteiger partial charge on any atom is 0.251 e. The number of carbonyl (C=O) groups excluding carboxylic acids is 1. The molecule has 1 unspecified atom stereocenters. The Balaban J connectivity index is 1.48. The summed E-state index contributed by atoms with van der Waals surface area (Å²) in [5.74, 6) is 1.32. The van der Waals surface area contributed by atoms with Gasteiger partial charge in [-0.15, -0.1) is 0 Å². The molecule has 36 heavy (non-hydrogen) atoms. The lowest BCUT2D eigenvalue weighted by atomic mass is 9.97. The number of hydrogen-bond donors (Lipinski definition) is 3. The number of piperidine rings is 1. The van der Waals surface area contributed by atoms with E-state index in [0.717, 1.165) is 47.5 Å². The third kappa shape index (κ3) is 5.74. The number of benzene rings is 2. The Morgan fingerprint density at radius 2 is 1.86 bits per heavy atom. The van der Waals surface area contributed by atoms with Gasteiger partial charge in [-0.2, -0.15) is 0 Å². The van der Waals surface area contributed by atoms with Crippen molar-refractivity contribution in [2.75, 3.05) is 26.0 Å². The first-order valence-corrected chi connectivity index (χ1v) is 12.4. The Morgan fingerprint density at radius 1 is 1.11 bits per heavy atom. The standard InChI is InChI=1S/C29H35N5O2/c1-18-14-21(6-8-25(18)29(35)33-22-11-13-34(5)19(2)15-22)27-16-24(10-12-32-27)36-23-7-9-26(20(3)30)28(17-23)31-4/h6-10,12,14,16-17,19,22,30-31H,11,13,15H2,1-5H3,(H,33,35)/t19-,22?/m1/s1. The van der Waals surface area contributed by atoms with Crippen LogP contribution in [-0.4, -0.2) is 54.2 Å². The van der Waals surface area contributed by atoms with E-state index in [4.69, 9.17) is 10.1 Å². The Labute approximate surface area is 213 Å². The zero-order valence-corrected chi connectivity index (χ0v) is 21.7. The summed E-state index contributed by atoms with van der Waals surface area (Å²) in [6.45, 7) is 6.92. The zero-order valence-electron chi connectivity index (χ0n) is 21.7. The molecule has 0 aliphatic carbocycles. The lowest BCUT2D eigenvalue weighted by Crippen LogP contribution is -2.47. The van der Waals surface area contributed by atoms with Crippen LogP contribution in [0.3, 0.4) is 0 Å². The van der Waals surface area contributed by atoms with Crippen LogP contribution in [0, 0.1) is 12.3 Å². The molecule has 0 saturated carbocycles. The van der Waals surface area contributed by atoms with Crippen molar-refractivity contribution in [1.82, 2.24) is 15.2 Å². The summed E-state index contributed by atoms with van der Waals surface area (Å²) in [6.07, 6.45) is 3.66. The number of nitrogens with zero attached hydrogens (tertiary/aromatic N) is 2. The van der Waals surface area contributed by atoms with Crippen LogP contribution >= 0.6 is 0 Å². The quantitative estimate of drug-likeness (QED) is 0.385. The second-order valence-corrected chi connectivity index (χ2v) is 9.62. The van der Waals surface area contributed by atoms with Gasteiger partial charge in [0.1, 0.15) is 11.5 Å². The zero-order chi connectivity index (χ0) is 25.8. The Morgan fingerprint density at radius 3 is 2.56 bits per heavy atom. The molecule has 4 rings (SSSR count). The van der Waals surface area contributed by atoms with Gasteiger partial charge in [-0.25, -0.2) is 0 Å². The summed E-state index contributed by atoms with van der Waals surface area (Å²) >= 11 is 0. The highest BCUT2D eigenvalue weighted by Gasteiger charge is 2.24. The highest BCUT2D eigenvalue weighted by molar-refractivity contribution is 6.01. The van der Waals surface area contributed by atoms with E-state index in [1.807, 2.05) is 62.5 Å². The largest absolute Gasteiger partial charge is 0.457 e. The van der Waals surface area contributed by atoms with E-state index in [1.165, 1.54) is 0 Å². The van der Waals surface area contributed by atoms with E-state index in [0.29, 0.717) is 28.8 Å². The molecular weight excluding hydrogens is 450 g/mol. The molecule has 0 radical (unpaired) electrons. The van der Waals surface area contributed by atoms with E-state index < -0.39 is 0 Å². The van der Waals surface area contributed by atoms with Crippen LogP contribution in [-0.2, 0) is 0 Å². The first kappa shape index (κ1) is 25.4. The highest BCUT2D eigenvalue weighted by Crippen LogP contribution is 2.30. The molecule has 1 aliphatic heterocycles. The van der Waals surface area contributed by atoms with Crippen LogP contribution in [0.4, 0.5) is 5.69 Å². The van der Waals surface area contributed by atoms with Crippen molar-refractivity contribution in [2.24, 2.45) is 0 Å². The maximum absolute atomic E-state index is 13.0. The molecule has 2 atom stereocenters. The summed E-state index contributed by atoms with van der Waals surface area (Å²) in [5, 5.41) is 14.3. The van der Waals surface area contributed by atoms with Gasteiger partial charge in [-0.1, -0.05) is 6.07 Å². The van der Waals surface area contributed by atoms with E-state index in [9.17, 15) is 4.79 Å². The predicted octanol–water partition coefficient (Wildman–Crippen LogP) is 5.49. The number of pyridine rings is 1. The van der Waals surface area contributed by atoms with E-state index >= 15 is 0 Å². The van der Waals surface area contributed by atoms with Crippen LogP contribution in [0.5, 0.6) is 11.5 Å². The van der Waals surface area contributed by atoms with Crippen LogP contribution in [0.25, 0.3) is 11.3 Å². The molecule has 7 heteroatoms. The van der Waals surface area contributed by atoms with Crippen LogP contribution in [0.1, 0.15) is 48.2 Å². The third-order valence-corrected chi connectivity index (χ3v) is 6.94. The van der Waals surface area contributed by atoms with Gasteiger partial charge in [0, 0.05) is 72.1 Å². The molecule has 1 amide bonds. The number of hydrogen-bond acceptors (Lipinski definition) is 6. The van der Waals surface area contributed by atoms with E-state index in [2.05, 4.69) is 34.5 Å². The van der Waals surface area contributed by atoms with Crippen LogP contribution in [0.2, 0.25) is 0 Å². The molecule has 188 valence electrons. The maximum atomic E-state index is 13.0. The van der Waals surface area contributed by atoms with Gasteiger partial charge >= 0.3 is 0 Å². The van der Waals surface area contributed by atoms with Gasteiger partial charge in [0.25, 0.3) is 5.91 Å². The number of amides is 1. The smallest absolute Gasteiger partial charge is 0.251 e. The van der Waals surface area contributed by atoms with Crippen LogP contribution in [0.15, 0.2) is 54.7 Å². The molecule has 0 bridgehead atoms. The SMILES string of the molecule is CNc1cc(Oc2ccnc(-c3ccc(C(=O)NC4CCN(C)[C@H](C)C4)c(C)c3)c2)ccc1C(C)=N. The molecule has 1 aromatic heterocycles. The van der Waals surface area contributed by atoms with Crippen molar-refractivity contribution < 1.29 is 9.53 Å². The first-order chi connectivity index (χ1) is 17.2. The van der Waals surface area contributed by atoms with Gasteiger partial charge in [0.15, 0.2) is 0 Å². The number of ether oxygens (including phenoxy) is 1. The minimum Gasteiger partial charge on any atom is -0.457 e. The molecule has 3 aromatic rings. The van der Waals surface area contributed by atoms with Crippen molar-refractivity contribution >= 4 is 17.3 Å². The second-order valence-electron chi connectivity index (χ2n) is 9.62. The minimum atomic E-state index is -0.0187. The number of aryl methyl sites for hydroxylation is 1. The number of anilines is 1. The number of carbonyl (C=O) groups is 1. The number of aromatic nitrogens is 1. The Kier molecular flexibility index (Phi) is 7.70. The van der Waals surface area contributed by atoms with Gasteiger partial charge < -0.3 is 25.7 Å². The molecule has 2 aromatic carbocycles. The minimum absolute atomic E-state index is 0.0187. The Hall–Kier alpha value is -3.71. The van der Waals surface area contributed by atoms with Crippen molar-refractivity contribution in [3.63, 3.8) is 0 Å². The summed E-state index contributed by atoms with van der Waals surface area (Å²) in [6, 6.07) is 15.8. The van der Waals surface area contributed by atoms with Crippen LogP contribution < -0.4 is 15.4 Å². The van der Waals surface area contributed by atoms with E-state index in [-0.39, 0.29) is 11.9 Å². The third-order valence-electron chi connectivity index (χ3n) is 6.94. The summed E-state index contributed by atoms with van der Waals surface area (Å²) in [5.41, 5.74) is 5.47. The van der Waals surface area contributed by atoms with Gasteiger partial charge in [-0.3, -0.25) is 9.78 Å². The summed E-state index contributed by atoms with van der Waals surface area (Å²) in [7, 11) is 3.96. The molecular formula is C29H35N5O2.